The topological polar surface area (TPSA) is 12.0 Å². The molecule has 1 rings (SSSR count). The first-order chi connectivity index (χ1) is 7.72. The minimum atomic E-state index is 0.770. The fourth-order valence-corrected chi connectivity index (χ4v) is 3.74. The van der Waals surface area contributed by atoms with E-state index in [1.165, 1.54) is 50.0 Å². The molecule has 1 N–H and O–H groups in total. The first kappa shape index (κ1) is 14.4. The van der Waals surface area contributed by atoms with E-state index in [1.54, 1.807) is 0 Å². The number of nitrogens with one attached hydrogen (secondary N) is 1. The molecule has 0 aliphatic carbocycles. The molecule has 1 aliphatic rings. The fourth-order valence-electron chi connectivity index (χ4n) is 2.54. The summed E-state index contributed by atoms with van der Waals surface area (Å²) in [6, 6.07) is 0.770. The number of rotatable bonds is 7. The van der Waals surface area contributed by atoms with Gasteiger partial charge in [-0.15, -0.1) is 0 Å². The van der Waals surface area contributed by atoms with Gasteiger partial charge >= 0.3 is 0 Å². The molecule has 0 aromatic rings. The second kappa shape index (κ2) is 8.41. The minimum Gasteiger partial charge on any atom is -0.317 e. The van der Waals surface area contributed by atoms with E-state index in [0.717, 1.165) is 17.9 Å². The van der Waals surface area contributed by atoms with Crippen molar-refractivity contribution >= 4 is 11.8 Å². The Morgan fingerprint density at radius 3 is 2.44 bits per heavy atom. The smallest absolute Gasteiger partial charge is 0.00667 e. The van der Waals surface area contributed by atoms with Crippen molar-refractivity contribution in [2.75, 3.05) is 18.6 Å². The van der Waals surface area contributed by atoms with Crippen LogP contribution in [0.4, 0.5) is 0 Å². The molecule has 0 aromatic heterocycles. The van der Waals surface area contributed by atoms with Gasteiger partial charge < -0.3 is 5.32 Å². The van der Waals surface area contributed by atoms with Gasteiger partial charge in [-0.25, -0.2) is 0 Å². The molecule has 0 spiro atoms. The Labute approximate surface area is 106 Å². The lowest BCUT2D eigenvalue weighted by Gasteiger charge is -2.26. The van der Waals surface area contributed by atoms with Crippen LogP contribution >= 0.6 is 11.8 Å². The van der Waals surface area contributed by atoms with Gasteiger partial charge in [0.2, 0.25) is 0 Å². The molecular formula is C14H29NS. The molecule has 0 radical (unpaired) electrons. The summed E-state index contributed by atoms with van der Waals surface area (Å²) < 4.78 is 0. The van der Waals surface area contributed by atoms with Crippen LogP contribution in [0.2, 0.25) is 0 Å². The molecule has 1 nitrogen and oxygen atoms in total. The van der Waals surface area contributed by atoms with Gasteiger partial charge in [0.1, 0.15) is 0 Å². The zero-order chi connectivity index (χ0) is 11.8. The summed E-state index contributed by atoms with van der Waals surface area (Å²) in [7, 11) is 2.14. The van der Waals surface area contributed by atoms with Crippen LogP contribution in [0.3, 0.4) is 0 Å². The summed E-state index contributed by atoms with van der Waals surface area (Å²) in [4.78, 5) is 0. The lowest BCUT2D eigenvalue weighted by atomic mass is 9.91. The lowest BCUT2D eigenvalue weighted by Crippen LogP contribution is -2.29. The van der Waals surface area contributed by atoms with E-state index in [4.69, 9.17) is 0 Å². The average Bonchev–Trinajstić information content (AvgIpc) is 2.28. The highest BCUT2D eigenvalue weighted by Crippen LogP contribution is 2.27. The Kier molecular flexibility index (Phi) is 7.55. The van der Waals surface area contributed by atoms with Crippen molar-refractivity contribution in [1.82, 2.24) is 5.32 Å². The summed E-state index contributed by atoms with van der Waals surface area (Å²) in [6.45, 7) is 4.65. The zero-order valence-electron chi connectivity index (χ0n) is 11.3. The summed E-state index contributed by atoms with van der Waals surface area (Å²) in [5, 5.41) is 3.52. The molecule has 1 atom stereocenters. The Bertz CT molecular complexity index is 164. The summed E-state index contributed by atoms with van der Waals surface area (Å²) in [5.74, 6) is 4.65. The van der Waals surface area contributed by atoms with Crippen LogP contribution in [0.1, 0.15) is 52.4 Å². The van der Waals surface area contributed by atoms with Crippen LogP contribution in [0.5, 0.6) is 0 Å². The van der Waals surface area contributed by atoms with E-state index >= 15 is 0 Å². The largest absolute Gasteiger partial charge is 0.317 e. The van der Waals surface area contributed by atoms with Crippen molar-refractivity contribution in [2.45, 2.75) is 58.4 Å². The Hall–Kier alpha value is 0.310. The van der Waals surface area contributed by atoms with E-state index in [2.05, 4.69) is 38.0 Å². The van der Waals surface area contributed by atoms with Crippen molar-refractivity contribution in [3.8, 4) is 0 Å². The molecule has 1 heterocycles. The molecule has 1 unspecified atom stereocenters. The van der Waals surface area contributed by atoms with Gasteiger partial charge in [-0.1, -0.05) is 26.7 Å². The predicted molar refractivity (Wildman–Crippen MR) is 76.2 cm³/mol. The third kappa shape index (κ3) is 6.15. The second-order valence-corrected chi connectivity index (χ2v) is 6.83. The van der Waals surface area contributed by atoms with Gasteiger partial charge in [0.05, 0.1) is 0 Å². The predicted octanol–water partition coefficient (Wildman–Crippen LogP) is 3.93. The standard InChI is InChI=1S/C14H29NS/c1-12(2)5-4-6-14(15-3)11-13-7-9-16-10-8-13/h12-15H,4-11H2,1-3H3. The Morgan fingerprint density at radius 1 is 1.19 bits per heavy atom. The van der Waals surface area contributed by atoms with Crippen LogP contribution in [-0.2, 0) is 0 Å². The molecule has 1 fully saturated rings. The minimum absolute atomic E-state index is 0.770. The summed E-state index contributed by atoms with van der Waals surface area (Å²) in [5.41, 5.74) is 0. The molecule has 0 amide bonds. The van der Waals surface area contributed by atoms with Crippen molar-refractivity contribution in [1.29, 1.82) is 0 Å². The highest BCUT2D eigenvalue weighted by molar-refractivity contribution is 7.99. The number of thioether (sulfide) groups is 1. The van der Waals surface area contributed by atoms with Crippen molar-refractivity contribution < 1.29 is 0 Å². The third-order valence-corrected chi connectivity index (χ3v) is 4.75. The molecule has 1 saturated heterocycles. The van der Waals surface area contributed by atoms with Crippen LogP contribution < -0.4 is 5.32 Å². The first-order valence-corrected chi connectivity index (χ1v) is 8.12. The molecular weight excluding hydrogens is 214 g/mol. The first-order valence-electron chi connectivity index (χ1n) is 6.97. The van der Waals surface area contributed by atoms with Crippen molar-refractivity contribution in [3.05, 3.63) is 0 Å². The maximum Gasteiger partial charge on any atom is 0.00667 e. The van der Waals surface area contributed by atoms with E-state index in [0.29, 0.717) is 0 Å². The lowest BCUT2D eigenvalue weighted by molar-refractivity contribution is 0.352. The second-order valence-electron chi connectivity index (χ2n) is 5.60. The molecule has 96 valence electrons. The van der Waals surface area contributed by atoms with Gasteiger partial charge in [0.15, 0.2) is 0 Å². The molecule has 16 heavy (non-hydrogen) atoms. The molecule has 0 aromatic carbocycles. The van der Waals surface area contributed by atoms with Gasteiger partial charge in [-0.3, -0.25) is 0 Å². The third-order valence-electron chi connectivity index (χ3n) is 3.70. The summed E-state index contributed by atoms with van der Waals surface area (Å²) >= 11 is 2.13. The molecule has 1 aliphatic heterocycles. The molecule has 0 saturated carbocycles. The van der Waals surface area contributed by atoms with Gasteiger partial charge in [0.25, 0.3) is 0 Å². The van der Waals surface area contributed by atoms with Gasteiger partial charge in [-0.05, 0) is 56.1 Å². The van der Waals surface area contributed by atoms with E-state index in [9.17, 15) is 0 Å². The zero-order valence-corrected chi connectivity index (χ0v) is 12.1. The van der Waals surface area contributed by atoms with Gasteiger partial charge in [-0.2, -0.15) is 11.8 Å². The summed E-state index contributed by atoms with van der Waals surface area (Å²) in [6.07, 6.45) is 8.47. The van der Waals surface area contributed by atoms with Crippen LogP contribution in [0.25, 0.3) is 0 Å². The van der Waals surface area contributed by atoms with Crippen LogP contribution in [0, 0.1) is 11.8 Å². The van der Waals surface area contributed by atoms with Crippen molar-refractivity contribution in [2.24, 2.45) is 11.8 Å². The van der Waals surface area contributed by atoms with E-state index in [-0.39, 0.29) is 0 Å². The maximum atomic E-state index is 3.52. The quantitative estimate of drug-likeness (QED) is 0.727. The van der Waals surface area contributed by atoms with E-state index in [1.807, 2.05) is 0 Å². The van der Waals surface area contributed by atoms with Crippen LogP contribution in [0.15, 0.2) is 0 Å². The maximum absolute atomic E-state index is 3.52. The number of hydrogen-bond donors (Lipinski definition) is 1. The Balaban J connectivity index is 2.14. The van der Waals surface area contributed by atoms with Crippen LogP contribution in [-0.4, -0.2) is 24.6 Å². The molecule has 0 bridgehead atoms. The van der Waals surface area contributed by atoms with Gasteiger partial charge in [0, 0.05) is 6.04 Å². The highest BCUT2D eigenvalue weighted by Gasteiger charge is 2.17. The number of hydrogen-bond acceptors (Lipinski definition) is 2. The normalized spacial score (nSPS) is 20.2. The fraction of sp³-hybridized carbons (Fsp3) is 1.00. The van der Waals surface area contributed by atoms with E-state index < -0.39 is 0 Å². The van der Waals surface area contributed by atoms with Crippen molar-refractivity contribution in [3.63, 3.8) is 0 Å². The highest BCUT2D eigenvalue weighted by atomic mass is 32.2. The monoisotopic (exact) mass is 243 g/mol. The SMILES string of the molecule is CNC(CCCC(C)C)CC1CCSCC1. The Morgan fingerprint density at radius 2 is 1.88 bits per heavy atom. The molecule has 2 heteroatoms. The average molecular weight is 243 g/mol.